The normalized spacial score (nSPS) is 11.0. The smallest absolute Gasteiger partial charge is 0.261 e. The number of nitrogens with zero attached hydrogens (tertiary/aromatic N) is 1. The van der Waals surface area contributed by atoms with Gasteiger partial charge in [0.25, 0.3) is 10.0 Å². The van der Waals surface area contributed by atoms with Crippen LogP contribution < -0.4 is 14.2 Å². The number of sulfonamides is 1. The topological polar surface area (TPSA) is 84.9 Å². The summed E-state index contributed by atoms with van der Waals surface area (Å²) in [7, 11) is 0.967. The van der Waals surface area contributed by atoms with Crippen molar-refractivity contribution < 1.29 is 27.1 Å². The summed E-state index contributed by atoms with van der Waals surface area (Å²) in [6, 6.07) is 16.6. The van der Waals surface area contributed by atoms with Crippen molar-refractivity contribution >= 4 is 21.6 Å². The van der Waals surface area contributed by atoms with Gasteiger partial charge in [-0.3, -0.25) is 9.52 Å². The molecule has 1 amide bonds. The van der Waals surface area contributed by atoms with Crippen LogP contribution in [-0.2, 0) is 27.8 Å². The molecule has 7 nitrogen and oxygen atoms in total. The van der Waals surface area contributed by atoms with Gasteiger partial charge in [0.1, 0.15) is 5.82 Å². The number of hydrogen-bond acceptors (Lipinski definition) is 5. The van der Waals surface area contributed by atoms with Crippen LogP contribution in [-0.4, -0.2) is 40.5 Å². The zero-order valence-corrected chi connectivity index (χ0v) is 19.4. The van der Waals surface area contributed by atoms with Crippen molar-refractivity contribution in [3.8, 4) is 11.5 Å². The second-order valence-corrected chi connectivity index (χ2v) is 9.02. The summed E-state index contributed by atoms with van der Waals surface area (Å²) in [5, 5.41) is 0. The SMILES string of the molecule is COc1cccc(CN(C)C(=O)Cc2ccc(NS(=O)(=O)c3ccc(F)cc3)cc2)c1OC. The lowest BCUT2D eigenvalue weighted by Crippen LogP contribution is -2.28. The molecule has 0 fully saturated rings. The second kappa shape index (κ2) is 10.4. The van der Waals surface area contributed by atoms with Gasteiger partial charge in [-0.05, 0) is 48.0 Å². The number of rotatable bonds is 9. The zero-order valence-electron chi connectivity index (χ0n) is 18.5. The highest BCUT2D eigenvalue weighted by molar-refractivity contribution is 7.92. The summed E-state index contributed by atoms with van der Waals surface area (Å²) in [6.07, 6.45) is 0.147. The van der Waals surface area contributed by atoms with E-state index in [1.165, 1.54) is 12.1 Å². The number of carbonyl (C=O) groups excluding carboxylic acids is 1. The Morgan fingerprint density at radius 1 is 0.970 bits per heavy atom. The van der Waals surface area contributed by atoms with E-state index in [2.05, 4.69) is 4.72 Å². The number of para-hydroxylation sites is 1. The molecule has 33 heavy (non-hydrogen) atoms. The van der Waals surface area contributed by atoms with Gasteiger partial charge in [-0.25, -0.2) is 12.8 Å². The number of nitrogens with one attached hydrogen (secondary N) is 1. The molecule has 3 aromatic carbocycles. The number of carbonyl (C=O) groups is 1. The summed E-state index contributed by atoms with van der Waals surface area (Å²) in [5.41, 5.74) is 1.89. The van der Waals surface area contributed by atoms with E-state index in [1.54, 1.807) is 56.5 Å². The molecule has 0 heterocycles. The highest BCUT2D eigenvalue weighted by Crippen LogP contribution is 2.31. The number of amides is 1. The number of benzene rings is 3. The summed E-state index contributed by atoms with van der Waals surface area (Å²) < 4.78 is 51.1. The lowest BCUT2D eigenvalue weighted by atomic mass is 10.1. The first-order valence-electron chi connectivity index (χ1n) is 10.0. The van der Waals surface area contributed by atoms with Crippen molar-refractivity contribution in [3.05, 3.63) is 83.7 Å². The maximum atomic E-state index is 13.0. The number of anilines is 1. The predicted molar refractivity (Wildman–Crippen MR) is 123 cm³/mol. The molecule has 1 N–H and O–H groups in total. The second-order valence-electron chi connectivity index (χ2n) is 7.34. The fourth-order valence-electron chi connectivity index (χ4n) is 3.25. The first kappa shape index (κ1) is 24.1. The minimum atomic E-state index is -3.84. The van der Waals surface area contributed by atoms with Crippen LogP contribution >= 0.6 is 0 Å². The third-order valence-corrected chi connectivity index (χ3v) is 6.40. The lowest BCUT2D eigenvalue weighted by molar-refractivity contribution is -0.129. The Hall–Kier alpha value is -3.59. The van der Waals surface area contributed by atoms with Crippen molar-refractivity contribution in [2.24, 2.45) is 0 Å². The average molecular weight is 473 g/mol. The minimum Gasteiger partial charge on any atom is -0.493 e. The molecular weight excluding hydrogens is 447 g/mol. The van der Waals surface area contributed by atoms with Crippen molar-refractivity contribution in [2.45, 2.75) is 17.9 Å². The molecule has 0 atom stereocenters. The van der Waals surface area contributed by atoms with Crippen molar-refractivity contribution in [3.63, 3.8) is 0 Å². The van der Waals surface area contributed by atoms with Gasteiger partial charge in [0.15, 0.2) is 11.5 Å². The van der Waals surface area contributed by atoms with E-state index in [0.717, 1.165) is 23.3 Å². The average Bonchev–Trinajstić information content (AvgIpc) is 2.80. The molecule has 0 aliphatic rings. The van der Waals surface area contributed by atoms with Gasteiger partial charge in [-0.1, -0.05) is 24.3 Å². The van der Waals surface area contributed by atoms with Crippen LogP contribution in [0.4, 0.5) is 10.1 Å². The standard InChI is InChI=1S/C24H25FN2O5S/c1-27(16-18-5-4-6-22(31-2)24(18)32-3)23(28)15-17-7-11-20(12-8-17)26-33(29,30)21-13-9-19(25)10-14-21/h4-14,26H,15-16H2,1-3H3. The Morgan fingerprint density at radius 3 is 2.24 bits per heavy atom. The fourth-order valence-corrected chi connectivity index (χ4v) is 4.31. The molecule has 0 unspecified atom stereocenters. The van der Waals surface area contributed by atoms with Gasteiger partial charge in [0.2, 0.25) is 5.91 Å². The molecular formula is C24H25FN2O5S. The van der Waals surface area contributed by atoms with Crippen LogP contribution in [0.3, 0.4) is 0 Å². The zero-order chi connectivity index (χ0) is 24.0. The van der Waals surface area contributed by atoms with E-state index >= 15 is 0 Å². The van der Waals surface area contributed by atoms with E-state index in [4.69, 9.17) is 9.47 Å². The molecule has 3 rings (SSSR count). The van der Waals surface area contributed by atoms with Crippen LogP contribution in [0.2, 0.25) is 0 Å². The molecule has 0 aromatic heterocycles. The molecule has 0 saturated carbocycles. The molecule has 0 radical (unpaired) electrons. The molecule has 0 aliphatic heterocycles. The molecule has 0 saturated heterocycles. The molecule has 174 valence electrons. The Bertz CT molecular complexity index is 1210. The van der Waals surface area contributed by atoms with E-state index in [-0.39, 0.29) is 17.2 Å². The molecule has 0 spiro atoms. The first-order chi connectivity index (χ1) is 15.7. The monoisotopic (exact) mass is 472 g/mol. The lowest BCUT2D eigenvalue weighted by Gasteiger charge is -2.20. The highest BCUT2D eigenvalue weighted by atomic mass is 32.2. The van der Waals surface area contributed by atoms with Crippen LogP contribution in [0, 0.1) is 5.82 Å². The van der Waals surface area contributed by atoms with E-state index in [0.29, 0.717) is 23.7 Å². The first-order valence-corrected chi connectivity index (χ1v) is 11.5. The molecule has 0 bridgehead atoms. The summed E-state index contributed by atoms with van der Waals surface area (Å²) in [6.45, 7) is 0.342. The summed E-state index contributed by atoms with van der Waals surface area (Å²) >= 11 is 0. The largest absolute Gasteiger partial charge is 0.493 e. The predicted octanol–water partition coefficient (Wildman–Crippen LogP) is 3.84. The van der Waals surface area contributed by atoms with E-state index < -0.39 is 15.8 Å². The van der Waals surface area contributed by atoms with Gasteiger partial charge in [-0.2, -0.15) is 0 Å². The third kappa shape index (κ3) is 6.01. The summed E-state index contributed by atoms with van der Waals surface area (Å²) in [5.74, 6) is 0.546. The Balaban J connectivity index is 1.64. The van der Waals surface area contributed by atoms with Gasteiger partial charge < -0.3 is 14.4 Å². The number of methoxy groups -OCH3 is 2. The van der Waals surface area contributed by atoms with Crippen LogP contribution in [0.15, 0.2) is 71.6 Å². The molecule has 0 aliphatic carbocycles. The molecule has 3 aromatic rings. The van der Waals surface area contributed by atoms with Gasteiger partial charge in [0.05, 0.1) is 25.5 Å². The number of halogens is 1. The minimum absolute atomic E-state index is 0.0438. The van der Waals surface area contributed by atoms with Crippen LogP contribution in [0.5, 0.6) is 11.5 Å². The third-order valence-electron chi connectivity index (χ3n) is 5.00. The van der Waals surface area contributed by atoms with Crippen molar-refractivity contribution in [1.29, 1.82) is 0 Å². The van der Waals surface area contributed by atoms with Gasteiger partial charge in [0, 0.05) is 24.8 Å². The Labute approximate surface area is 192 Å². The van der Waals surface area contributed by atoms with Gasteiger partial charge >= 0.3 is 0 Å². The van der Waals surface area contributed by atoms with E-state index in [9.17, 15) is 17.6 Å². The number of ether oxygens (including phenoxy) is 2. The van der Waals surface area contributed by atoms with Crippen molar-refractivity contribution in [2.75, 3.05) is 26.0 Å². The fraction of sp³-hybridized carbons (Fsp3) is 0.208. The molecule has 9 heteroatoms. The highest BCUT2D eigenvalue weighted by Gasteiger charge is 2.17. The summed E-state index contributed by atoms with van der Waals surface area (Å²) in [4.78, 5) is 14.3. The maximum absolute atomic E-state index is 13.0. The Kier molecular flexibility index (Phi) is 7.55. The number of hydrogen-bond donors (Lipinski definition) is 1. The van der Waals surface area contributed by atoms with Crippen molar-refractivity contribution in [1.82, 2.24) is 4.90 Å². The quantitative estimate of drug-likeness (QED) is 0.512. The Morgan fingerprint density at radius 2 is 1.64 bits per heavy atom. The van der Waals surface area contributed by atoms with Crippen LogP contribution in [0.1, 0.15) is 11.1 Å². The maximum Gasteiger partial charge on any atom is 0.261 e. The van der Waals surface area contributed by atoms with Crippen LogP contribution in [0.25, 0.3) is 0 Å². The van der Waals surface area contributed by atoms with Gasteiger partial charge in [-0.15, -0.1) is 0 Å². The number of likely N-dealkylation sites (N-methyl/N-ethyl adjacent to an activating group) is 1. The van der Waals surface area contributed by atoms with E-state index in [1.807, 2.05) is 12.1 Å².